The quantitative estimate of drug-likeness (QED) is 0.852. The Morgan fingerprint density at radius 1 is 1.12 bits per heavy atom. The van der Waals surface area contributed by atoms with Crippen LogP contribution in [0.2, 0.25) is 0 Å². The summed E-state index contributed by atoms with van der Waals surface area (Å²) in [7, 11) is 3.52. The molecule has 0 aliphatic carbocycles. The van der Waals surface area contributed by atoms with E-state index >= 15 is 0 Å². The fourth-order valence-corrected chi connectivity index (χ4v) is 2.90. The molecule has 0 atom stereocenters. The number of piperidine rings is 1. The monoisotopic (exact) mass is 342 g/mol. The highest BCUT2D eigenvalue weighted by Gasteiger charge is 2.24. The van der Waals surface area contributed by atoms with Crippen molar-refractivity contribution in [2.45, 2.75) is 19.3 Å². The molecule has 3 rings (SSSR count). The Bertz CT molecular complexity index is 798. The van der Waals surface area contributed by atoms with E-state index in [1.165, 1.54) is 17.0 Å². The van der Waals surface area contributed by atoms with Crippen molar-refractivity contribution in [3.05, 3.63) is 35.9 Å². The van der Waals surface area contributed by atoms with Crippen LogP contribution in [0.4, 0.5) is 5.69 Å². The Labute approximate surface area is 146 Å². The van der Waals surface area contributed by atoms with Gasteiger partial charge in [0.15, 0.2) is 0 Å². The van der Waals surface area contributed by atoms with Gasteiger partial charge in [0.05, 0.1) is 18.1 Å². The van der Waals surface area contributed by atoms with Gasteiger partial charge in [-0.3, -0.25) is 19.0 Å². The number of carbonyl (C=O) groups is 2. The first-order chi connectivity index (χ1) is 12.0. The summed E-state index contributed by atoms with van der Waals surface area (Å²) in [5, 5.41) is 10.9. The van der Waals surface area contributed by atoms with Crippen molar-refractivity contribution in [3.63, 3.8) is 0 Å². The fourth-order valence-electron chi connectivity index (χ4n) is 2.90. The molecule has 8 nitrogen and oxygen atoms in total. The molecule has 0 aromatic carbocycles. The number of aryl methyl sites for hydroxylation is 2. The number of aromatic nitrogens is 4. The number of carbonyl (C=O) groups excluding carboxylic acids is 2. The van der Waals surface area contributed by atoms with Crippen molar-refractivity contribution < 1.29 is 9.59 Å². The van der Waals surface area contributed by atoms with E-state index in [4.69, 9.17) is 0 Å². The first-order valence-corrected chi connectivity index (χ1v) is 8.33. The average Bonchev–Trinajstić information content (AvgIpc) is 3.19. The topological polar surface area (TPSA) is 85.0 Å². The summed E-state index contributed by atoms with van der Waals surface area (Å²) < 4.78 is 3.17. The third-order valence-corrected chi connectivity index (χ3v) is 4.19. The zero-order chi connectivity index (χ0) is 17.8. The van der Waals surface area contributed by atoms with Crippen molar-refractivity contribution in [3.8, 4) is 0 Å². The highest BCUT2D eigenvalue weighted by molar-refractivity contribution is 6.06. The van der Waals surface area contributed by atoms with Crippen molar-refractivity contribution >= 4 is 23.6 Å². The number of amides is 2. The van der Waals surface area contributed by atoms with Gasteiger partial charge in [0.2, 0.25) is 5.91 Å². The molecule has 1 aliphatic heterocycles. The molecule has 2 amide bonds. The Kier molecular flexibility index (Phi) is 4.97. The van der Waals surface area contributed by atoms with E-state index < -0.39 is 0 Å². The van der Waals surface area contributed by atoms with Crippen molar-refractivity contribution in [2.75, 3.05) is 18.4 Å². The lowest BCUT2D eigenvalue weighted by molar-refractivity contribution is -0.111. The zero-order valence-corrected chi connectivity index (χ0v) is 14.5. The number of likely N-dealkylation sites (tertiary alicyclic amines) is 1. The molecule has 0 radical (unpaired) electrons. The number of nitrogens with zero attached hydrogens (tertiary/aromatic N) is 5. The molecule has 1 aliphatic rings. The van der Waals surface area contributed by atoms with Gasteiger partial charge in [0.25, 0.3) is 5.91 Å². The highest BCUT2D eigenvalue weighted by atomic mass is 16.2. The predicted molar refractivity (Wildman–Crippen MR) is 93.8 cm³/mol. The highest BCUT2D eigenvalue weighted by Crippen LogP contribution is 2.19. The maximum Gasteiger partial charge on any atom is 0.274 e. The predicted octanol–water partition coefficient (Wildman–Crippen LogP) is 1.43. The summed E-state index contributed by atoms with van der Waals surface area (Å²) in [4.78, 5) is 26.7. The third kappa shape index (κ3) is 3.96. The van der Waals surface area contributed by atoms with Crippen LogP contribution in [0.5, 0.6) is 0 Å². The Balaban J connectivity index is 1.71. The molecule has 2 aromatic rings. The second-order valence-electron chi connectivity index (χ2n) is 6.15. The molecule has 1 fully saturated rings. The second-order valence-corrected chi connectivity index (χ2v) is 6.15. The molecule has 1 N–H and O–H groups in total. The molecule has 0 unspecified atom stereocenters. The van der Waals surface area contributed by atoms with E-state index in [9.17, 15) is 9.59 Å². The second kappa shape index (κ2) is 7.33. The van der Waals surface area contributed by atoms with Crippen LogP contribution in [-0.2, 0) is 18.9 Å². The molecular formula is C17H22N6O2. The lowest BCUT2D eigenvalue weighted by Crippen LogP contribution is -2.37. The minimum Gasteiger partial charge on any atom is -0.337 e. The summed E-state index contributed by atoms with van der Waals surface area (Å²) in [6, 6.07) is 0. The van der Waals surface area contributed by atoms with Crippen LogP contribution >= 0.6 is 0 Å². The maximum atomic E-state index is 12.8. The first kappa shape index (κ1) is 16.9. The Morgan fingerprint density at radius 3 is 2.56 bits per heavy atom. The maximum absolute atomic E-state index is 12.8. The third-order valence-electron chi connectivity index (χ3n) is 4.19. The van der Waals surface area contributed by atoms with Gasteiger partial charge in [0.1, 0.15) is 5.69 Å². The normalized spacial score (nSPS) is 14.9. The molecule has 3 heterocycles. The van der Waals surface area contributed by atoms with Crippen molar-refractivity contribution in [2.24, 2.45) is 14.1 Å². The SMILES string of the molecule is Cn1cc(/C=C/C(=O)Nc2cnn(C)c2C(=O)N2CCCCC2)cn1. The Morgan fingerprint density at radius 2 is 1.88 bits per heavy atom. The summed E-state index contributed by atoms with van der Waals surface area (Å²) >= 11 is 0. The van der Waals surface area contributed by atoms with Crippen LogP contribution in [0.15, 0.2) is 24.7 Å². The molecule has 132 valence electrons. The van der Waals surface area contributed by atoms with Crippen LogP contribution in [0.25, 0.3) is 6.08 Å². The van der Waals surface area contributed by atoms with Gasteiger partial charge >= 0.3 is 0 Å². The number of hydrogen-bond donors (Lipinski definition) is 1. The largest absolute Gasteiger partial charge is 0.337 e. The van der Waals surface area contributed by atoms with E-state index in [0.717, 1.165) is 37.9 Å². The molecule has 8 heteroatoms. The molecule has 25 heavy (non-hydrogen) atoms. The van der Waals surface area contributed by atoms with E-state index in [-0.39, 0.29) is 11.8 Å². The van der Waals surface area contributed by atoms with E-state index in [2.05, 4.69) is 15.5 Å². The zero-order valence-electron chi connectivity index (χ0n) is 14.5. The summed E-state index contributed by atoms with van der Waals surface area (Å²) in [6.07, 6.45) is 11.2. The lowest BCUT2D eigenvalue weighted by Gasteiger charge is -2.26. The van der Waals surface area contributed by atoms with Gasteiger partial charge < -0.3 is 10.2 Å². The minimum absolute atomic E-state index is 0.0914. The average molecular weight is 342 g/mol. The van der Waals surface area contributed by atoms with Crippen LogP contribution in [0, 0.1) is 0 Å². The molecular weight excluding hydrogens is 320 g/mol. The van der Waals surface area contributed by atoms with Crippen molar-refractivity contribution in [1.29, 1.82) is 0 Å². The number of nitrogens with one attached hydrogen (secondary N) is 1. The van der Waals surface area contributed by atoms with Gasteiger partial charge in [-0.15, -0.1) is 0 Å². The minimum atomic E-state index is -0.315. The van der Waals surface area contributed by atoms with E-state index in [0.29, 0.717) is 11.4 Å². The number of rotatable bonds is 4. The van der Waals surface area contributed by atoms with Crippen LogP contribution in [0.3, 0.4) is 0 Å². The standard InChI is InChI=1S/C17H22N6O2/c1-21-12-13(10-18-21)6-7-15(24)20-14-11-19-22(2)16(14)17(25)23-8-4-3-5-9-23/h6-7,10-12H,3-5,8-9H2,1-2H3,(H,20,24)/b7-6+. The number of anilines is 1. The smallest absolute Gasteiger partial charge is 0.274 e. The van der Waals surface area contributed by atoms with E-state index in [1.54, 1.807) is 30.2 Å². The van der Waals surface area contributed by atoms with Gasteiger partial charge in [-0.2, -0.15) is 10.2 Å². The van der Waals surface area contributed by atoms with Crippen LogP contribution < -0.4 is 5.32 Å². The lowest BCUT2D eigenvalue weighted by atomic mass is 10.1. The van der Waals surface area contributed by atoms with Crippen LogP contribution in [0.1, 0.15) is 35.3 Å². The summed E-state index contributed by atoms with van der Waals surface area (Å²) in [6.45, 7) is 1.50. The fraction of sp³-hybridized carbons (Fsp3) is 0.412. The first-order valence-electron chi connectivity index (χ1n) is 8.33. The van der Waals surface area contributed by atoms with Gasteiger partial charge in [-0.25, -0.2) is 0 Å². The van der Waals surface area contributed by atoms with E-state index in [1.807, 2.05) is 11.9 Å². The molecule has 1 saturated heterocycles. The molecule has 0 saturated carbocycles. The van der Waals surface area contributed by atoms with Crippen molar-refractivity contribution in [1.82, 2.24) is 24.5 Å². The van der Waals surface area contributed by atoms with Gasteiger partial charge in [-0.1, -0.05) is 0 Å². The molecule has 0 bridgehead atoms. The van der Waals surface area contributed by atoms with Crippen LogP contribution in [-0.4, -0.2) is 49.4 Å². The van der Waals surface area contributed by atoms with Gasteiger partial charge in [-0.05, 0) is 25.3 Å². The summed E-state index contributed by atoms with van der Waals surface area (Å²) in [5.74, 6) is -0.407. The Hall–Kier alpha value is -2.90. The molecule has 2 aromatic heterocycles. The molecule has 0 spiro atoms. The van der Waals surface area contributed by atoms with Gasteiger partial charge in [0, 0.05) is 45.0 Å². The summed E-state index contributed by atoms with van der Waals surface area (Å²) in [5.41, 5.74) is 1.66. The number of hydrogen-bond acceptors (Lipinski definition) is 4.